The lowest BCUT2D eigenvalue weighted by atomic mass is 10.1. The minimum absolute atomic E-state index is 0.336. The first-order valence-electron chi connectivity index (χ1n) is 6.93. The van der Waals surface area contributed by atoms with Gasteiger partial charge in [0.2, 0.25) is 0 Å². The van der Waals surface area contributed by atoms with E-state index >= 15 is 0 Å². The summed E-state index contributed by atoms with van der Waals surface area (Å²) < 4.78 is 0. The van der Waals surface area contributed by atoms with Gasteiger partial charge in [-0.1, -0.05) is 12.8 Å². The highest BCUT2D eigenvalue weighted by Gasteiger charge is 2.27. The topological polar surface area (TPSA) is 52.7 Å². The first-order chi connectivity index (χ1) is 8.68. The van der Waals surface area contributed by atoms with Crippen molar-refractivity contribution in [2.45, 2.75) is 25.7 Å². The summed E-state index contributed by atoms with van der Waals surface area (Å²) in [7, 11) is 1.75. The van der Waals surface area contributed by atoms with Gasteiger partial charge in [0.25, 0.3) is 0 Å². The average Bonchev–Trinajstić information content (AvgIpc) is 2.91. The maximum absolute atomic E-state index is 12.0. The van der Waals surface area contributed by atoms with Crippen molar-refractivity contribution in [3.05, 3.63) is 0 Å². The Labute approximate surface area is 108 Å². The van der Waals surface area contributed by atoms with Crippen LogP contribution in [0.4, 0.5) is 0 Å². The normalized spacial score (nSPS) is 21.1. The van der Waals surface area contributed by atoms with Gasteiger partial charge in [-0.05, 0) is 18.8 Å². The lowest BCUT2D eigenvalue weighted by Crippen LogP contribution is -2.51. The first-order valence-corrected chi connectivity index (χ1v) is 6.93. The van der Waals surface area contributed by atoms with Crippen LogP contribution in [0.25, 0.3) is 0 Å². The highest BCUT2D eigenvalue weighted by atomic mass is 16.2. The van der Waals surface area contributed by atoms with E-state index in [1.807, 2.05) is 0 Å². The average molecular weight is 253 g/mol. The van der Waals surface area contributed by atoms with Gasteiger partial charge in [0.05, 0.1) is 0 Å². The van der Waals surface area contributed by atoms with Crippen molar-refractivity contribution < 1.29 is 9.59 Å². The molecule has 1 aliphatic carbocycles. The summed E-state index contributed by atoms with van der Waals surface area (Å²) in [4.78, 5) is 27.3. The molecule has 0 unspecified atom stereocenters. The van der Waals surface area contributed by atoms with E-state index in [4.69, 9.17) is 0 Å². The van der Waals surface area contributed by atoms with Gasteiger partial charge in [0, 0.05) is 39.8 Å². The minimum atomic E-state index is -0.344. The molecule has 1 aliphatic heterocycles. The Hall–Kier alpha value is -1.10. The fourth-order valence-corrected chi connectivity index (χ4v) is 2.83. The molecular weight excluding hydrogens is 230 g/mol. The van der Waals surface area contributed by atoms with Gasteiger partial charge in [-0.25, -0.2) is 0 Å². The van der Waals surface area contributed by atoms with Crippen LogP contribution >= 0.6 is 0 Å². The van der Waals surface area contributed by atoms with Crippen LogP contribution in [0, 0.1) is 5.92 Å². The monoisotopic (exact) mass is 253 g/mol. The lowest BCUT2D eigenvalue weighted by Gasteiger charge is -2.29. The number of rotatable bonds is 2. The zero-order valence-electron chi connectivity index (χ0n) is 11.2. The summed E-state index contributed by atoms with van der Waals surface area (Å²) in [5.41, 5.74) is 0. The van der Waals surface area contributed by atoms with Crippen LogP contribution in [0.3, 0.4) is 0 Å². The highest BCUT2D eigenvalue weighted by Crippen LogP contribution is 2.25. The largest absolute Gasteiger partial charge is 0.337 e. The lowest BCUT2D eigenvalue weighted by molar-refractivity contribution is -0.151. The number of likely N-dealkylation sites (N-methyl/N-ethyl adjacent to an activating group) is 1. The molecular formula is C13H23N3O2. The number of amides is 2. The van der Waals surface area contributed by atoms with Gasteiger partial charge < -0.3 is 15.1 Å². The van der Waals surface area contributed by atoms with E-state index in [1.54, 1.807) is 16.8 Å². The summed E-state index contributed by atoms with van der Waals surface area (Å²) in [5, 5.41) is 3.18. The summed E-state index contributed by atoms with van der Waals surface area (Å²) in [6, 6.07) is 0. The van der Waals surface area contributed by atoms with Crippen LogP contribution in [-0.4, -0.2) is 61.4 Å². The third-order valence-electron chi connectivity index (χ3n) is 3.94. The van der Waals surface area contributed by atoms with E-state index in [0.29, 0.717) is 19.0 Å². The molecule has 0 aromatic carbocycles. The van der Waals surface area contributed by atoms with Crippen LogP contribution in [-0.2, 0) is 9.59 Å². The Balaban J connectivity index is 1.82. The van der Waals surface area contributed by atoms with Crippen molar-refractivity contribution in [3.63, 3.8) is 0 Å². The van der Waals surface area contributed by atoms with Gasteiger partial charge in [0.1, 0.15) is 0 Å². The van der Waals surface area contributed by atoms with Crippen LogP contribution in [0.1, 0.15) is 25.7 Å². The predicted molar refractivity (Wildman–Crippen MR) is 69.0 cm³/mol. The number of nitrogens with zero attached hydrogens (tertiary/aromatic N) is 2. The fourth-order valence-electron chi connectivity index (χ4n) is 2.83. The summed E-state index contributed by atoms with van der Waals surface area (Å²) in [6.07, 6.45) is 4.91. The summed E-state index contributed by atoms with van der Waals surface area (Å²) in [5.74, 6) is -0.0874. The molecule has 5 heteroatoms. The van der Waals surface area contributed by atoms with E-state index < -0.39 is 0 Å². The van der Waals surface area contributed by atoms with Gasteiger partial charge in [0.15, 0.2) is 0 Å². The molecule has 1 saturated heterocycles. The standard InChI is InChI=1S/C13H23N3O2/c1-15(10-11-4-2-3-5-11)12(17)13(18)16-8-6-14-7-9-16/h11,14H,2-10H2,1H3. The quantitative estimate of drug-likeness (QED) is 0.708. The smallest absolute Gasteiger partial charge is 0.312 e. The number of piperazine rings is 1. The van der Waals surface area contributed by atoms with Crippen LogP contribution < -0.4 is 5.32 Å². The van der Waals surface area contributed by atoms with Crippen LogP contribution in [0.5, 0.6) is 0 Å². The molecule has 0 aromatic heterocycles. The van der Waals surface area contributed by atoms with Crippen molar-refractivity contribution in [2.75, 3.05) is 39.8 Å². The second kappa shape index (κ2) is 6.18. The van der Waals surface area contributed by atoms with Crippen molar-refractivity contribution in [1.29, 1.82) is 0 Å². The zero-order chi connectivity index (χ0) is 13.0. The molecule has 2 amide bonds. The predicted octanol–water partition coefficient (Wildman–Crippen LogP) is 0.0668. The summed E-state index contributed by atoms with van der Waals surface area (Å²) >= 11 is 0. The van der Waals surface area contributed by atoms with E-state index in [-0.39, 0.29) is 11.8 Å². The third-order valence-corrected chi connectivity index (χ3v) is 3.94. The Morgan fingerprint density at radius 2 is 1.83 bits per heavy atom. The van der Waals surface area contributed by atoms with Crippen molar-refractivity contribution in [3.8, 4) is 0 Å². The second-order valence-electron chi connectivity index (χ2n) is 5.38. The van der Waals surface area contributed by atoms with E-state index in [2.05, 4.69) is 5.32 Å². The molecule has 0 spiro atoms. The number of carbonyl (C=O) groups is 2. The Morgan fingerprint density at radius 1 is 1.22 bits per heavy atom. The van der Waals surface area contributed by atoms with Gasteiger partial charge >= 0.3 is 11.8 Å². The maximum atomic E-state index is 12.0. The Morgan fingerprint density at radius 3 is 2.44 bits per heavy atom. The molecule has 1 heterocycles. The fraction of sp³-hybridized carbons (Fsp3) is 0.846. The van der Waals surface area contributed by atoms with Crippen LogP contribution in [0.2, 0.25) is 0 Å². The van der Waals surface area contributed by atoms with Crippen molar-refractivity contribution in [1.82, 2.24) is 15.1 Å². The molecule has 2 fully saturated rings. The number of hydrogen-bond donors (Lipinski definition) is 1. The molecule has 0 atom stereocenters. The van der Waals surface area contributed by atoms with Gasteiger partial charge in [-0.3, -0.25) is 9.59 Å². The van der Waals surface area contributed by atoms with Crippen molar-refractivity contribution >= 4 is 11.8 Å². The molecule has 2 aliphatic rings. The third kappa shape index (κ3) is 3.22. The molecule has 1 N–H and O–H groups in total. The molecule has 0 bridgehead atoms. The van der Waals surface area contributed by atoms with E-state index in [9.17, 15) is 9.59 Å². The Bertz CT molecular complexity index is 307. The maximum Gasteiger partial charge on any atom is 0.312 e. The SMILES string of the molecule is CN(CC1CCCC1)C(=O)C(=O)N1CCNCC1. The zero-order valence-corrected chi connectivity index (χ0v) is 11.2. The van der Waals surface area contributed by atoms with Gasteiger partial charge in [-0.2, -0.15) is 0 Å². The number of carbonyl (C=O) groups excluding carboxylic acids is 2. The van der Waals surface area contributed by atoms with E-state index in [1.165, 1.54) is 25.7 Å². The highest BCUT2D eigenvalue weighted by molar-refractivity contribution is 6.34. The Kier molecular flexibility index (Phi) is 4.58. The number of nitrogens with one attached hydrogen (secondary N) is 1. The molecule has 18 heavy (non-hydrogen) atoms. The molecule has 0 radical (unpaired) electrons. The molecule has 2 rings (SSSR count). The van der Waals surface area contributed by atoms with Gasteiger partial charge in [-0.15, -0.1) is 0 Å². The minimum Gasteiger partial charge on any atom is -0.337 e. The van der Waals surface area contributed by atoms with Crippen molar-refractivity contribution in [2.24, 2.45) is 5.92 Å². The summed E-state index contributed by atoms with van der Waals surface area (Å²) in [6.45, 7) is 3.58. The molecule has 1 saturated carbocycles. The number of hydrogen-bond acceptors (Lipinski definition) is 3. The van der Waals surface area contributed by atoms with E-state index in [0.717, 1.165) is 19.6 Å². The second-order valence-corrected chi connectivity index (χ2v) is 5.38. The first kappa shape index (κ1) is 13.3. The molecule has 5 nitrogen and oxygen atoms in total. The van der Waals surface area contributed by atoms with Crippen LogP contribution in [0.15, 0.2) is 0 Å². The molecule has 0 aromatic rings. The molecule has 102 valence electrons.